The number of non-ortho nitro benzene ring substituents is 1. The van der Waals surface area contributed by atoms with Crippen molar-refractivity contribution >= 4 is 5.69 Å². The van der Waals surface area contributed by atoms with Gasteiger partial charge in [0, 0.05) is 30.0 Å². The quantitative estimate of drug-likeness (QED) is 0.351. The third-order valence-electron chi connectivity index (χ3n) is 4.57. The van der Waals surface area contributed by atoms with E-state index < -0.39 is 4.92 Å². The summed E-state index contributed by atoms with van der Waals surface area (Å²) in [5.74, 6) is 0.901. The first-order valence-corrected chi connectivity index (χ1v) is 8.88. The summed E-state index contributed by atoms with van der Waals surface area (Å²) in [4.78, 5) is 15.0. The molecule has 0 saturated carbocycles. The molecule has 3 aromatic carbocycles. The fraction of sp³-hybridized carbons (Fsp3) is 0.0909. The van der Waals surface area contributed by atoms with E-state index in [0.717, 1.165) is 11.1 Å². The monoisotopic (exact) mass is 371 g/mol. The zero-order valence-electron chi connectivity index (χ0n) is 14.9. The molecular weight excluding hydrogens is 354 g/mol. The molecule has 0 atom stereocenters. The second kappa shape index (κ2) is 7.84. The van der Waals surface area contributed by atoms with Crippen LogP contribution in [0.15, 0.2) is 89.5 Å². The van der Waals surface area contributed by atoms with Crippen molar-refractivity contribution in [2.24, 2.45) is 0 Å². The number of nitro benzene ring substituents is 1. The number of hydrogen-bond donors (Lipinski definition) is 0. The van der Waals surface area contributed by atoms with E-state index in [2.05, 4.69) is 34.4 Å². The Hall–Kier alpha value is -3.80. The molecule has 4 rings (SSSR count). The van der Waals surface area contributed by atoms with Crippen LogP contribution in [0.1, 0.15) is 22.9 Å². The maximum absolute atomic E-state index is 11.0. The summed E-state index contributed by atoms with van der Waals surface area (Å²) >= 11 is 0. The molecule has 0 aliphatic rings. The maximum Gasteiger partial charge on any atom is 0.270 e. The van der Waals surface area contributed by atoms with Crippen molar-refractivity contribution in [2.45, 2.75) is 12.3 Å². The van der Waals surface area contributed by atoms with Crippen LogP contribution in [0.25, 0.3) is 11.4 Å². The van der Waals surface area contributed by atoms with Gasteiger partial charge in [-0.1, -0.05) is 78.0 Å². The lowest BCUT2D eigenvalue weighted by atomic mass is 9.88. The summed E-state index contributed by atoms with van der Waals surface area (Å²) in [6, 6.07) is 26.5. The summed E-state index contributed by atoms with van der Waals surface area (Å²) in [6.45, 7) is 0. The first-order chi connectivity index (χ1) is 13.7. The van der Waals surface area contributed by atoms with E-state index >= 15 is 0 Å². The van der Waals surface area contributed by atoms with Gasteiger partial charge in [-0.25, -0.2) is 0 Å². The number of benzene rings is 3. The standard InChI is InChI=1S/C22H17N3O3/c26-25(27)19-13-7-12-18(14-19)22-23-21(28-24-22)15-20(16-8-3-1-4-9-16)17-10-5-2-6-11-17/h1-14,20H,15H2. The molecule has 0 amide bonds. The van der Waals surface area contributed by atoms with E-state index in [1.54, 1.807) is 12.1 Å². The molecule has 0 unspecified atom stereocenters. The third kappa shape index (κ3) is 3.81. The van der Waals surface area contributed by atoms with E-state index in [0.29, 0.717) is 23.7 Å². The van der Waals surface area contributed by atoms with Gasteiger partial charge in [0.1, 0.15) is 0 Å². The largest absolute Gasteiger partial charge is 0.339 e. The highest BCUT2D eigenvalue weighted by Gasteiger charge is 2.19. The fourth-order valence-electron chi connectivity index (χ4n) is 3.19. The van der Waals surface area contributed by atoms with Gasteiger partial charge in [0.25, 0.3) is 5.69 Å². The summed E-state index contributed by atoms with van der Waals surface area (Å²) in [5, 5.41) is 15.0. The molecule has 28 heavy (non-hydrogen) atoms. The van der Waals surface area contributed by atoms with Crippen LogP contribution in [0.3, 0.4) is 0 Å². The Labute approximate surface area is 161 Å². The second-order valence-electron chi connectivity index (χ2n) is 6.40. The van der Waals surface area contributed by atoms with Crippen LogP contribution in [0.5, 0.6) is 0 Å². The van der Waals surface area contributed by atoms with E-state index in [1.165, 1.54) is 12.1 Å². The summed E-state index contributed by atoms with van der Waals surface area (Å²) in [5.41, 5.74) is 2.86. The van der Waals surface area contributed by atoms with Crippen molar-refractivity contribution in [3.63, 3.8) is 0 Å². The molecule has 0 N–H and O–H groups in total. The number of nitro groups is 1. The molecule has 138 valence electrons. The molecule has 0 bridgehead atoms. The smallest absolute Gasteiger partial charge is 0.270 e. The van der Waals surface area contributed by atoms with Crippen molar-refractivity contribution in [1.29, 1.82) is 0 Å². The van der Waals surface area contributed by atoms with Crippen molar-refractivity contribution in [3.05, 3.63) is 112 Å². The Balaban J connectivity index is 1.64. The summed E-state index contributed by atoms with van der Waals surface area (Å²) in [7, 11) is 0. The van der Waals surface area contributed by atoms with Gasteiger partial charge in [-0.05, 0) is 11.1 Å². The Morgan fingerprint density at radius 1 is 0.893 bits per heavy atom. The lowest BCUT2D eigenvalue weighted by molar-refractivity contribution is -0.384. The Morgan fingerprint density at radius 3 is 2.14 bits per heavy atom. The highest BCUT2D eigenvalue weighted by atomic mass is 16.6. The van der Waals surface area contributed by atoms with Gasteiger partial charge >= 0.3 is 0 Å². The molecule has 4 aromatic rings. The van der Waals surface area contributed by atoms with E-state index in [4.69, 9.17) is 4.52 Å². The Morgan fingerprint density at radius 2 is 1.54 bits per heavy atom. The van der Waals surface area contributed by atoms with Crippen LogP contribution in [-0.2, 0) is 6.42 Å². The molecule has 0 fully saturated rings. The predicted octanol–water partition coefficient (Wildman–Crippen LogP) is 5.02. The van der Waals surface area contributed by atoms with Crippen molar-refractivity contribution in [1.82, 2.24) is 10.1 Å². The Kier molecular flexibility index (Phi) is 4.93. The van der Waals surface area contributed by atoms with Gasteiger partial charge in [0.05, 0.1) is 4.92 Å². The van der Waals surface area contributed by atoms with Gasteiger partial charge in [0.2, 0.25) is 11.7 Å². The first-order valence-electron chi connectivity index (χ1n) is 8.88. The van der Waals surface area contributed by atoms with Gasteiger partial charge in [0.15, 0.2) is 0 Å². The molecule has 0 aliphatic carbocycles. The average Bonchev–Trinajstić information content (AvgIpc) is 3.22. The first kappa shape index (κ1) is 17.6. The molecule has 0 aliphatic heterocycles. The molecule has 6 heteroatoms. The maximum atomic E-state index is 11.0. The summed E-state index contributed by atoms with van der Waals surface area (Å²) in [6.07, 6.45) is 0.538. The number of rotatable bonds is 6. The normalized spacial score (nSPS) is 10.9. The Bertz CT molecular complexity index is 1040. The minimum atomic E-state index is -0.439. The van der Waals surface area contributed by atoms with Gasteiger partial charge < -0.3 is 4.52 Å². The van der Waals surface area contributed by atoms with Crippen molar-refractivity contribution < 1.29 is 9.45 Å². The average molecular weight is 371 g/mol. The highest BCUT2D eigenvalue weighted by molar-refractivity contribution is 5.58. The topological polar surface area (TPSA) is 82.1 Å². The minimum absolute atomic E-state index is 0.00435. The van der Waals surface area contributed by atoms with E-state index in [9.17, 15) is 10.1 Å². The fourth-order valence-corrected chi connectivity index (χ4v) is 3.19. The minimum Gasteiger partial charge on any atom is -0.339 e. The van der Waals surface area contributed by atoms with Crippen LogP contribution in [-0.4, -0.2) is 15.1 Å². The SMILES string of the molecule is O=[N+]([O-])c1cccc(-c2noc(CC(c3ccccc3)c3ccccc3)n2)c1. The zero-order chi connectivity index (χ0) is 19.3. The molecule has 1 heterocycles. The van der Waals surface area contributed by atoms with Crippen molar-refractivity contribution in [2.75, 3.05) is 0 Å². The second-order valence-corrected chi connectivity index (χ2v) is 6.40. The van der Waals surface area contributed by atoms with Gasteiger partial charge in [-0.2, -0.15) is 4.98 Å². The van der Waals surface area contributed by atoms with Crippen LogP contribution >= 0.6 is 0 Å². The molecule has 1 aromatic heterocycles. The van der Waals surface area contributed by atoms with Crippen LogP contribution in [0.2, 0.25) is 0 Å². The molecule has 0 radical (unpaired) electrons. The lowest BCUT2D eigenvalue weighted by Crippen LogP contribution is -2.05. The molecule has 0 saturated heterocycles. The van der Waals surface area contributed by atoms with E-state index in [1.807, 2.05) is 36.4 Å². The van der Waals surface area contributed by atoms with Crippen molar-refractivity contribution in [3.8, 4) is 11.4 Å². The summed E-state index contributed by atoms with van der Waals surface area (Å²) < 4.78 is 5.46. The van der Waals surface area contributed by atoms with Crippen LogP contribution in [0.4, 0.5) is 5.69 Å². The molecule has 6 nitrogen and oxygen atoms in total. The number of hydrogen-bond acceptors (Lipinski definition) is 5. The zero-order valence-corrected chi connectivity index (χ0v) is 14.9. The van der Waals surface area contributed by atoms with Crippen LogP contribution < -0.4 is 0 Å². The van der Waals surface area contributed by atoms with E-state index in [-0.39, 0.29) is 11.6 Å². The van der Waals surface area contributed by atoms with Gasteiger partial charge in [-0.3, -0.25) is 10.1 Å². The van der Waals surface area contributed by atoms with Crippen LogP contribution in [0, 0.1) is 10.1 Å². The number of nitrogens with zero attached hydrogens (tertiary/aromatic N) is 3. The molecule has 0 spiro atoms. The third-order valence-corrected chi connectivity index (χ3v) is 4.57. The molecular formula is C22H17N3O3. The predicted molar refractivity (Wildman–Crippen MR) is 105 cm³/mol. The highest BCUT2D eigenvalue weighted by Crippen LogP contribution is 2.29. The number of aromatic nitrogens is 2. The van der Waals surface area contributed by atoms with Gasteiger partial charge in [-0.15, -0.1) is 0 Å². The lowest BCUT2D eigenvalue weighted by Gasteiger charge is -2.16.